The van der Waals surface area contributed by atoms with E-state index < -0.39 is 23.5 Å². The molecule has 1 aliphatic carbocycles. The van der Waals surface area contributed by atoms with Crippen LogP contribution in [0.4, 0.5) is 17.6 Å². The van der Waals surface area contributed by atoms with Gasteiger partial charge in [-0.1, -0.05) is 6.07 Å². The van der Waals surface area contributed by atoms with Gasteiger partial charge in [-0.15, -0.1) is 0 Å². The molecule has 150 valence electrons. The molecule has 0 saturated carbocycles. The average Bonchev–Trinajstić information content (AvgIpc) is 2.64. The van der Waals surface area contributed by atoms with Crippen molar-refractivity contribution in [3.8, 4) is 5.75 Å². The zero-order valence-corrected chi connectivity index (χ0v) is 14.8. The highest BCUT2D eigenvalue weighted by Gasteiger charge is 2.31. The summed E-state index contributed by atoms with van der Waals surface area (Å²) in [5, 5.41) is 8.68. The minimum Gasteiger partial charge on any atom is -0.489 e. The van der Waals surface area contributed by atoms with Crippen LogP contribution in [0.5, 0.6) is 5.75 Å². The van der Waals surface area contributed by atoms with Crippen LogP contribution in [0, 0.1) is 5.82 Å². The molecule has 4 nitrogen and oxygen atoms in total. The zero-order chi connectivity index (χ0) is 20.3. The summed E-state index contributed by atoms with van der Waals surface area (Å²) in [5.41, 5.74) is 0.899. The molecule has 1 N–H and O–H groups in total. The van der Waals surface area contributed by atoms with Crippen LogP contribution in [0.2, 0.25) is 0 Å². The van der Waals surface area contributed by atoms with Crippen LogP contribution in [0.3, 0.4) is 0 Å². The predicted octanol–water partition coefficient (Wildman–Crippen LogP) is 4.38. The van der Waals surface area contributed by atoms with Gasteiger partial charge in [0.05, 0.1) is 11.7 Å². The third kappa shape index (κ3) is 5.01. The second-order valence-corrected chi connectivity index (χ2v) is 6.59. The van der Waals surface area contributed by atoms with Crippen molar-refractivity contribution in [2.75, 3.05) is 6.61 Å². The predicted molar refractivity (Wildman–Crippen MR) is 91.6 cm³/mol. The van der Waals surface area contributed by atoms with Crippen molar-refractivity contribution < 1.29 is 36.9 Å². The van der Waals surface area contributed by atoms with Crippen molar-refractivity contribution in [2.45, 2.75) is 38.1 Å². The second kappa shape index (κ2) is 8.18. The highest BCUT2D eigenvalue weighted by molar-refractivity contribution is 5.68. The highest BCUT2D eigenvalue weighted by atomic mass is 19.4. The molecule has 0 spiro atoms. The third-order valence-corrected chi connectivity index (χ3v) is 4.57. The summed E-state index contributed by atoms with van der Waals surface area (Å²) >= 11 is 0. The summed E-state index contributed by atoms with van der Waals surface area (Å²) in [4.78, 5) is 10.6. The maximum absolute atomic E-state index is 13.8. The molecule has 3 rings (SSSR count). The van der Waals surface area contributed by atoms with Crippen LogP contribution in [-0.2, 0) is 35.2 Å². The van der Waals surface area contributed by atoms with E-state index >= 15 is 0 Å². The van der Waals surface area contributed by atoms with Gasteiger partial charge in [-0.25, -0.2) is 9.18 Å². The summed E-state index contributed by atoms with van der Waals surface area (Å²) in [7, 11) is 0. The SMILES string of the molecule is O=C(O)COC1CCc2cc(OCc3cc(C(F)(F)F)ccc3F)ccc2C1. The van der Waals surface area contributed by atoms with Gasteiger partial charge in [-0.2, -0.15) is 13.2 Å². The van der Waals surface area contributed by atoms with Crippen LogP contribution < -0.4 is 4.74 Å². The van der Waals surface area contributed by atoms with E-state index in [0.717, 1.165) is 23.3 Å². The first-order chi connectivity index (χ1) is 13.2. The number of carboxylic acid groups (broad SMARTS) is 1. The van der Waals surface area contributed by atoms with Crippen molar-refractivity contribution in [1.29, 1.82) is 0 Å². The van der Waals surface area contributed by atoms with Crippen molar-refractivity contribution in [3.05, 3.63) is 64.5 Å². The fraction of sp³-hybridized carbons (Fsp3) is 0.350. The number of hydrogen-bond donors (Lipinski definition) is 1. The number of carboxylic acids is 1. The van der Waals surface area contributed by atoms with Crippen LogP contribution in [0.1, 0.15) is 28.7 Å². The van der Waals surface area contributed by atoms with Crippen LogP contribution in [0.15, 0.2) is 36.4 Å². The van der Waals surface area contributed by atoms with E-state index in [2.05, 4.69) is 0 Å². The number of benzene rings is 2. The Morgan fingerprint density at radius 2 is 1.93 bits per heavy atom. The van der Waals surface area contributed by atoms with Gasteiger partial charge >= 0.3 is 12.1 Å². The fourth-order valence-corrected chi connectivity index (χ4v) is 3.14. The van der Waals surface area contributed by atoms with E-state index in [0.29, 0.717) is 31.1 Å². The van der Waals surface area contributed by atoms with Gasteiger partial charge in [0, 0.05) is 5.56 Å². The molecule has 0 aromatic heterocycles. The molecule has 28 heavy (non-hydrogen) atoms. The molecule has 8 heteroatoms. The lowest BCUT2D eigenvalue weighted by Crippen LogP contribution is -2.25. The van der Waals surface area contributed by atoms with Gasteiger partial charge in [-0.05, 0) is 60.7 Å². The molecular weight excluding hydrogens is 380 g/mol. The Kier molecular flexibility index (Phi) is 5.88. The van der Waals surface area contributed by atoms with E-state index in [9.17, 15) is 22.4 Å². The number of hydrogen-bond acceptors (Lipinski definition) is 3. The minimum atomic E-state index is -4.55. The van der Waals surface area contributed by atoms with E-state index in [4.69, 9.17) is 14.6 Å². The summed E-state index contributed by atoms with van der Waals surface area (Å²) in [6.07, 6.45) is -2.83. The Morgan fingerprint density at radius 1 is 1.14 bits per heavy atom. The van der Waals surface area contributed by atoms with Gasteiger partial charge in [0.2, 0.25) is 0 Å². The van der Waals surface area contributed by atoms with E-state index in [1.165, 1.54) is 0 Å². The summed E-state index contributed by atoms with van der Waals surface area (Å²) in [6.45, 7) is -0.664. The lowest BCUT2D eigenvalue weighted by molar-refractivity contribution is -0.144. The van der Waals surface area contributed by atoms with Crippen molar-refractivity contribution in [1.82, 2.24) is 0 Å². The Balaban J connectivity index is 1.65. The van der Waals surface area contributed by atoms with Gasteiger partial charge in [0.1, 0.15) is 24.8 Å². The third-order valence-electron chi connectivity index (χ3n) is 4.57. The first kappa shape index (κ1) is 20.1. The molecule has 0 fully saturated rings. The first-order valence-electron chi connectivity index (χ1n) is 8.66. The van der Waals surface area contributed by atoms with Crippen molar-refractivity contribution >= 4 is 5.97 Å². The topological polar surface area (TPSA) is 55.8 Å². The quantitative estimate of drug-likeness (QED) is 0.734. The molecule has 2 aromatic carbocycles. The highest BCUT2D eigenvalue weighted by Crippen LogP contribution is 2.31. The van der Waals surface area contributed by atoms with E-state index in [1.807, 2.05) is 6.07 Å². The van der Waals surface area contributed by atoms with Gasteiger partial charge in [0.25, 0.3) is 0 Å². The number of aliphatic carboxylic acids is 1. The molecule has 0 radical (unpaired) electrons. The van der Waals surface area contributed by atoms with Gasteiger partial charge in [-0.3, -0.25) is 0 Å². The van der Waals surface area contributed by atoms with E-state index in [1.54, 1.807) is 12.1 Å². The fourth-order valence-electron chi connectivity index (χ4n) is 3.14. The minimum absolute atomic E-state index is 0.172. The maximum atomic E-state index is 13.8. The van der Waals surface area contributed by atoms with Gasteiger partial charge < -0.3 is 14.6 Å². The van der Waals surface area contributed by atoms with E-state index in [-0.39, 0.29) is 24.9 Å². The monoisotopic (exact) mass is 398 g/mol. The van der Waals surface area contributed by atoms with Crippen LogP contribution >= 0.6 is 0 Å². The molecule has 0 bridgehead atoms. The molecule has 1 atom stereocenters. The van der Waals surface area contributed by atoms with Crippen molar-refractivity contribution in [2.24, 2.45) is 0 Å². The number of alkyl halides is 3. The molecule has 0 amide bonds. The largest absolute Gasteiger partial charge is 0.489 e. The Labute approximate surface area is 158 Å². The molecule has 0 aliphatic heterocycles. The van der Waals surface area contributed by atoms with Crippen molar-refractivity contribution in [3.63, 3.8) is 0 Å². The number of ether oxygens (including phenoxy) is 2. The molecular formula is C20H18F4O4. The lowest BCUT2D eigenvalue weighted by Gasteiger charge is -2.24. The molecule has 0 heterocycles. The average molecular weight is 398 g/mol. The number of carbonyl (C=O) groups is 1. The Morgan fingerprint density at radius 3 is 2.64 bits per heavy atom. The zero-order valence-electron chi connectivity index (χ0n) is 14.8. The number of aryl methyl sites for hydroxylation is 1. The molecule has 0 saturated heterocycles. The summed E-state index contributed by atoms with van der Waals surface area (Å²) in [6, 6.07) is 7.46. The molecule has 1 aliphatic rings. The molecule has 1 unspecified atom stereocenters. The normalized spacial score (nSPS) is 16.5. The standard InChI is InChI=1S/C20H18F4O4/c21-18-6-3-15(20(22,23)24)7-14(18)10-27-16-4-1-13-9-17(28-11-19(25)26)5-2-12(13)8-16/h1,3-4,6-8,17H,2,5,9-11H2,(H,25,26). The lowest BCUT2D eigenvalue weighted by atomic mass is 9.89. The van der Waals surface area contributed by atoms with Crippen LogP contribution in [0.25, 0.3) is 0 Å². The van der Waals surface area contributed by atoms with Crippen LogP contribution in [-0.4, -0.2) is 23.8 Å². The number of halogens is 4. The second-order valence-electron chi connectivity index (χ2n) is 6.59. The summed E-state index contributed by atoms with van der Waals surface area (Å²) in [5.74, 6) is -1.35. The summed E-state index contributed by atoms with van der Waals surface area (Å²) < 4.78 is 63.0. The number of fused-ring (bicyclic) bond motifs is 1. The Hall–Kier alpha value is -2.61. The Bertz CT molecular complexity index is 864. The molecule has 2 aromatic rings. The van der Waals surface area contributed by atoms with Gasteiger partial charge in [0.15, 0.2) is 0 Å². The first-order valence-corrected chi connectivity index (χ1v) is 8.66. The maximum Gasteiger partial charge on any atom is 0.416 e. The number of rotatable bonds is 6. The smallest absolute Gasteiger partial charge is 0.416 e.